The van der Waals surface area contributed by atoms with Crippen LogP contribution in [-0.2, 0) is 37.3 Å². The number of unbranched alkanes of at least 4 members (excludes halogenated alkanes) is 3. The summed E-state index contributed by atoms with van der Waals surface area (Å²) in [6.07, 6.45) is 4.72. The van der Waals surface area contributed by atoms with Crippen LogP contribution in [-0.4, -0.2) is 139 Å². The monoisotopic (exact) mass is 860 g/mol. The van der Waals surface area contributed by atoms with Gasteiger partial charge in [-0.1, -0.05) is 25.0 Å². The van der Waals surface area contributed by atoms with Gasteiger partial charge in [0, 0.05) is 49.9 Å². The Hall–Kier alpha value is -2.35. The highest BCUT2D eigenvalue weighted by Crippen LogP contribution is 2.63. The van der Waals surface area contributed by atoms with Gasteiger partial charge < -0.3 is 55.2 Å². The number of aliphatic hydroxyl groups excluding tert-OH is 1. The second-order valence-corrected chi connectivity index (χ2v) is 22.1. The molecule has 4 aliphatic heterocycles. The summed E-state index contributed by atoms with van der Waals surface area (Å²) in [5.41, 5.74) is 0. The fourth-order valence-electron chi connectivity index (χ4n) is 6.62. The molecule has 4 heterocycles. The Labute approximate surface area is 322 Å². The van der Waals surface area contributed by atoms with Gasteiger partial charge in [0.1, 0.15) is 24.1 Å². The summed E-state index contributed by atoms with van der Waals surface area (Å²) in [4.78, 5) is 99.6. The van der Waals surface area contributed by atoms with Crippen LogP contribution >= 0.6 is 34.3 Å². The molecule has 21 nitrogen and oxygen atoms in total. The van der Waals surface area contributed by atoms with Crippen molar-refractivity contribution >= 4 is 64.1 Å². The molecule has 0 bridgehead atoms. The molecular formula is C30H51N6O15P3S. The molecule has 0 spiro atoms. The van der Waals surface area contributed by atoms with Crippen molar-refractivity contribution in [3.05, 3.63) is 12.2 Å². The van der Waals surface area contributed by atoms with E-state index < -0.39 is 77.3 Å². The van der Waals surface area contributed by atoms with Crippen molar-refractivity contribution in [1.82, 2.24) is 31.5 Å². The number of fused-ring (bicyclic) bond motifs is 1. The van der Waals surface area contributed by atoms with Crippen LogP contribution in [0.5, 0.6) is 0 Å². The van der Waals surface area contributed by atoms with E-state index in [2.05, 4.69) is 26.6 Å². The van der Waals surface area contributed by atoms with E-state index in [-0.39, 0.29) is 55.9 Å². The Kier molecular flexibility index (Phi) is 16.8. The highest BCUT2D eigenvalue weighted by atomic mass is 32.2. The molecule has 7 amide bonds. The van der Waals surface area contributed by atoms with E-state index in [9.17, 15) is 52.6 Å². The molecule has 4 rings (SSSR count). The SMILES string of the molecule is O=C(CCCCCNC(=O)CCCC[C@@H]1SC[C@@H]2NC(=O)N[C@@H]21)NC/C=C/C1CN([C@H]2C[C@H](O)[C@@H](COP(=O)(O)CP(=O)(O)CP(=O)(O)O)O2)C(=O)NC1=O. The molecule has 55 heavy (non-hydrogen) atoms. The van der Waals surface area contributed by atoms with Gasteiger partial charge in [0.15, 0.2) is 0 Å². The quantitative estimate of drug-likeness (QED) is 0.0302. The zero-order valence-electron chi connectivity index (χ0n) is 30.0. The third-order valence-electron chi connectivity index (χ3n) is 9.29. The van der Waals surface area contributed by atoms with Gasteiger partial charge >= 0.3 is 27.3 Å². The number of carbonyl (C=O) groups is 5. The number of carbonyl (C=O) groups excluding carboxylic acids is 5. The van der Waals surface area contributed by atoms with Gasteiger partial charge in [-0.2, -0.15) is 11.8 Å². The normalized spacial score (nSPS) is 28.9. The molecule has 25 heteroatoms. The van der Waals surface area contributed by atoms with Crippen molar-refractivity contribution < 1.29 is 71.6 Å². The summed E-state index contributed by atoms with van der Waals surface area (Å²) in [7, 11) is -14.6. The van der Waals surface area contributed by atoms with Gasteiger partial charge in [-0.3, -0.25) is 38.3 Å². The largest absolute Gasteiger partial charge is 0.390 e. The van der Waals surface area contributed by atoms with Crippen LogP contribution in [0.25, 0.3) is 0 Å². The first-order valence-electron chi connectivity index (χ1n) is 18.0. The fraction of sp³-hybridized carbons (Fsp3) is 0.767. The van der Waals surface area contributed by atoms with Crippen LogP contribution in [0, 0.1) is 5.92 Å². The first kappa shape index (κ1) is 45.4. The molecule has 0 radical (unpaired) electrons. The number of ether oxygens (including phenoxy) is 1. The number of urea groups is 2. The molecule has 0 aliphatic carbocycles. The second kappa shape index (κ2) is 20.4. The standard InChI is InChI=1S/C30H51N6O15P3S/c37-21-13-26(51-22(21)15-50-54(48,49)18-52(43,44)17-53(45,46)47)36-14-19(28(40)35-30(36)42)7-6-12-32-24(38)9-2-1-5-11-31-25(39)10-4-3-8-23-27-20(16-55-23)33-29(41)34-27/h6-7,19-23,26-27,37H,1-5,8-18H2,(H,31,39)(H,32,38)(H,43,44)(H,48,49)(H2,33,34,41)(H,35,40,42)(H2,45,46,47)/b7-6+/t19?,20-,21-,22+,23-,26+,27-/m0/s1. The molecule has 9 atom stereocenters. The van der Waals surface area contributed by atoms with Gasteiger partial charge in [-0.25, -0.2) is 9.59 Å². The van der Waals surface area contributed by atoms with Crippen molar-refractivity contribution in [3.63, 3.8) is 0 Å². The smallest absolute Gasteiger partial charge is 0.337 e. The van der Waals surface area contributed by atoms with E-state index >= 15 is 0 Å². The number of amides is 7. The number of nitrogens with zero attached hydrogens (tertiary/aromatic N) is 1. The zero-order chi connectivity index (χ0) is 40.4. The number of aliphatic hydroxyl groups is 1. The number of hydrogen-bond donors (Lipinski definition) is 10. The topological polar surface area (TPSA) is 320 Å². The average Bonchev–Trinajstić information content (AvgIpc) is 3.74. The van der Waals surface area contributed by atoms with Crippen molar-refractivity contribution in [2.24, 2.45) is 5.92 Å². The molecular weight excluding hydrogens is 809 g/mol. The lowest BCUT2D eigenvalue weighted by atomic mass is 10.0. The van der Waals surface area contributed by atoms with Crippen molar-refractivity contribution in [2.45, 2.75) is 93.6 Å². The van der Waals surface area contributed by atoms with E-state index in [1.165, 1.54) is 6.08 Å². The lowest BCUT2D eigenvalue weighted by Gasteiger charge is -2.34. The minimum atomic E-state index is -4.97. The predicted octanol–water partition coefficient (Wildman–Crippen LogP) is 0.270. The minimum Gasteiger partial charge on any atom is -0.390 e. The molecule has 0 aromatic carbocycles. The van der Waals surface area contributed by atoms with Crippen molar-refractivity contribution in [2.75, 3.05) is 43.8 Å². The maximum atomic E-state index is 12.6. The van der Waals surface area contributed by atoms with E-state index in [1.54, 1.807) is 6.08 Å². The Morgan fingerprint density at radius 3 is 2.40 bits per heavy atom. The predicted molar refractivity (Wildman–Crippen MR) is 198 cm³/mol. The minimum absolute atomic E-state index is 0.00473. The number of nitrogens with one attached hydrogen (secondary N) is 5. The van der Waals surface area contributed by atoms with Crippen molar-refractivity contribution in [3.8, 4) is 0 Å². The number of thioether (sulfide) groups is 1. The zero-order valence-corrected chi connectivity index (χ0v) is 33.5. The van der Waals surface area contributed by atoms with Gasteiger partial charge in [0.2, 0.25) is 25.1 Å². The Balaban J connectivity index is 1.06. The average molecular weight is 861 g/mol. The van der Waals surface area contributed by atoms with Crippen molar-refractivity contribution in [1.29, 1.82) is 0 Å². The maximum Gasteiger partial charge on any atom is 0.337 e. The van der Waals surface area contributed by atoms with Crippen LogP contribution < -0.4 is 26.6 Å². The molecule has 3 unspecified atom stereocenters. The Morgan fingerprint density at radius 2 is 1.67 bits per heavy atom. The van der Waals surface area contributed by atoms with Gasteiger partial charge in [-0.15, -0.1) is 0 Å². The van der Waals surface area contributed by atoms with Gasteiger partial charge in [-0.05, 0) is 25.7 Å². The molecule has 0 aromatic heterocycles. The summed E-state index contributed by atoms with van der Waals surface area (Å²) >= 11 is 1.86. The molecule has 4 aliphatic rings. The summed E-state index contributed by atoms with van der Waals surface area (Å²) in [6.45, 7) is -0.258. The summed E-state index contributed by atoms with van der Waals surface area (Å²) in [6, 6.07) is -0.551. The third kappa shape index (κ3) is 15.2. The van der Waals surface area contributed by atoms with Gasteiger partial charge in [0.05, 0.1) is 30.7 Å². The highest BCUT2D eigenvalue weighted by Gasteiger charge is 2.45. The molecule has 0 saturated carbocycles. The lowest BCUT2D eigenvalue weighted by molar-refractivity contribution is -0.127. The summed E-state index contributed by atoms with van der Waals surface area (Å²) in [5.74, 6) is -3.68. The number of hydrogen-bond acceptors (Lipinski definition) is 12. The lowest BCUT2D eigenvalue weighted by Crippen LogP contribution is -2.57. The maximum absolute atomic E-state index is 12.6. The van der Waals surface area contributed by atoms with Crippen LogP contribution in [0.15, 0.2) is 12.2 Å². The second-order valence-electron chi connectivity index (χ2n) is 14.0. The molecule has 10 N–H and O–H groups in total. The van der Waals surface area contributed by atoms with Crippen LogP contribution in [0.1, 0.15) is 57.8 Å². The van der Waals surface area contributed by atoms with Gasteiger partial charge in [0.25, 0.3) is 0 Å². The molecule has 312 valence electrons. The first-order chi connectivity index (χ1) is 25.8. The summed E-state index contributed by atoms with van der Waals surface area (Å²) in [5, 5.41) is 24.5. The molecule has 4 fully saturated rings. The fourth-order valence-corrected chi connectivity index (χ4v) is 14.6. The molecule has 4 saturated heterocycles. The Morgan fingerprint density at radius 1 is 0.964 bits per heavy atom. The third-order valence-corrected chi connectivity index (χ3v) is 17.8. The van der Waals surface area contributed by atoms with Crippen LogP contribution in [0.4, 0.5) is 9.59 Å². The van der Waals surface area contributed by atoms with E-state index in [1.807, 2.05) is 11.8 Å². The van der Waals surface area contributed by atoms with Crippen LogP contribution in [0.3, 0.4) is 0 Å². The van der Waals surface area contributed by atoms with E-state index in [4.69, 9.17) is 19.0 Å². The first-order valence-corrected chi connectivity index (χ1v) is 24.6. The number of rotatable bonds is 22. The summed E-state index contributed by atoms with van der Waals surface area (Å²) < 4.78 is 45.8. The highest BCUT2D eigenvalue weighted by molar-refractivity contribution is 8.00. The molecule has 0 aromatic rings. The van der Waals surface area contributed by atoms with E-state index in [0.717, 1.165) is 42.8 Å². The van der Waals surface area contributed by atoms with Crippen LogP contribution in [0.2, 0.25) is 0 Å². The number of imide groups is 1. The Bertz CT molecular complexity index is 1590. The van der Waals surface area contributed by atoms with E-state index in [0.29, 0.717) is 24.6 Å².